The highest BCUT2D eigenvalue weighted by Gasteiger charge is 1.77. The van der Waals surface area contributed by atoms with Crippen LogP contribution in [0.4, 0.5) is 0 Å². The summed E-state index contributed by atoms with van der Waals surface area (Å²) in [4.78, 5) is 0. The van der Waals surface area contributed by atoms with E-state index in [0.29, 0.717) is 0 Å². The van der Waals surface area contributed by atoms with Crippen LogP contribution in [0.15, 0.2) is 53.4 Å². The molecule has 0 saturated heterocycles. The summed E-state index contributed by atoms with van der Waals surface area (Å²) in [5.74, 6) is 0. The van der Waals surface area contributed by atoms with Gasteiger partial charge in [-0.2, -0.15) is 0 Å². The van der Waals surface area contributed by atoms with Crippen LogP contribution in [0.2, 0.25) is 0 Å². The predicted molar refractivity (Wildman–Crippen MR) is 57.6 cm³/mol. The van der Waals surface area contributed by atoms with Gasteiger partial charge in [-0.1, -0.05) is 38.2 Å². The molecule has 13 heavy (non-hydrogen) atoms. The lowest BCUT2D eigenvalue weighted by Gasteiger charge is -1.88. The highest BCUT2D eigenvalue weighted by atomic mass is 16.3. The summed E-state index contributed by atoms with van der Waals surface area (Å²) < 4.78 is 4.58. The lowest BCUT2D eigenvalue weighted by Crippen LogP contribution is -1.67. The molecule has 1 heterocycles. The standard InChI is InChI=1S/C6H8.C4H4O.C2H6/c1-2-4-6-5-3-1;1-2-4-5-3-1;1-2/h1-4H,5-6H2;1-4H;1-2H3. The Balaban J connectivity index is 0.000000189. The van der Waals surface area contributed by atoms with Gasteiger partial charge in [-0.25, -0.2) is 0 Å². The van der Waals surface area contributed by atoms with Crippen molar-refractivity contribution in [3.8, 4) is 0 Å². The Morgan fingerprint density at radius 3 is 1.46 bits per heavy atom. The second-order valence-corrected chi connectivity index (χ2v) is 2.23. The molecular weight excluding hydrogens is 160 g/mol. The maximum atomic E-state index is 4.58. The third kappa shape index (κ3) is 8.67. The van der Waals surface area contributed by atoms with Crippen molar-refractivity contribution in [3.05, 3.63) is 49.0 Å². The van der Waals surface area contributed by atoms with Gasteiger partial charge in [-0.3, -0.25) is 0 Å². The van der Waals surface area contributed by atoms with E-state index in [2.05, 4.69) is 28.7 Å². The van der Waals surface area contributed by atoms with Gasteiger partial charge in [0, 0.05) is 0 Å². The molecule has 0 amide bonds. The molecule has 0 spiro atoms. The van der Waals surface area contributed by atoms with E-state index in [4.69, 9.17) is 0 Å². The van der Waals surface area contributed by atoms with Crippen molar-refractivity contribution in [1.29, 1.82) is 0 Å². The zero-order chi connectivity index (χ0) is 9.78. The van der Waals surface area contributed by atoms with Crippen LogP contribution in [0.25, 0.3) is 0 Å². The Hall–Kier alpha value is -1.24. The largest absolute Gasteiger partial charge is 0.473 e. The molecular formula is C12H18O. The normalized spacial score (nSPS) is 12.2. The van der Waals surface area contributed by atoms with E-state index < -0.39 is 0 Å². The molecule has 1 aliphatic carbocycles. The van der Waals surface area contributed by atoms with Crippen LogP contribution < -0.4 is 0 Å². The summed E-state index contributed by atoms with van der Waals surface area (Å²) in [6.07, 6.45) is 14.2. The molecule has 0 unspecified atom stereocenters. The predicted octanol–water partition coefficient (Wildman–Crippen LogP) is 4.20. The maximum absolute atomic E-state index is 4.58. The number of hydrogen-bond donors (Lipinski definition) is 0. The molecule has 0 N–H and O–H groups in total. The summed E-state index contributed by atoms with van der Waals surface area (Å²) in [7, 11) is 0. The smallest absolute Gasteiger partial charge is 0.0902 e. The Morgan fingerprint density at radius 1 is 0.846 bits per heavy atom. The molecule has 2 rings (SSSR count). The summed E-state index contributed by atoms with van der Waals surface area (Å²) in [5.41, 5.74) is 0. The second-order valence-electron chi connectivity index (χ2n) is 2.23. The second kappa shape index (κ2) is 10.8. The topological polar surface area (TPSA) is 13.1 Å². The molecule has 0 atom stereocenters. The molecule has 0 aliphatic heterocycles. The molecule has 0 bridgehead atoms. The van der Waals surface area contributed by atoms with E-state index in [1.165, 1.54) is 12.8 Å². The number of allylic oxidation sites excluding steroid dienone is 4. The fourth-order valence-electron chi connectivity index (χ4n) is 0.769. The zero-order valence-corrected chi connectivity index (χ0v) is 8.44. The van der Waals surface area contributed by atoms with Crippen molar-refractivity contribution in [2.75, 3.05) is 0 Å². The third-order valence-corrected chi connectivity index (χ3v) is 1.31. The van der Waals surface area contributed by atoms with E-state index in [1.54, 1.807) is 12.5 Å². The number of furan rings is 1. The zero-order valence-electron chi connectivity index (χ0n) is 8.44. The van der Waals surface area contributed by atoms with Gasteiger partial charge in [0.1, 0.15) is 0 Å². The molecule has 0 fully saturated rings. The molecule has 1 nitrogen and oxygen atoms in total. The highest BCUT2D eigenvalue weighted by Crippen LogP contribution is 1.98. The van der Waals surface area contributed by atoms with Crippen LogP contribution in [0.3, 0.4) is 0 Å². The molecule has 1 heteroatoms. The van der Waals surface area contributed by atoms with Crippen LogP contribution in [0.5, 0.6) is 0 Å². The van der Waals surface area contributed by atoms with Gasteiger partial charge >= 0.3 is 0 Å². The lowest BCUT2D eigenvalue weighted by molar-refractivity contribution is 0.567. The van der Waals surface area contributed by atoms with Gasteiger partial charge in [-0.15, -0.1) is 0 Å². The first-order chi connectivity index (χ1) is 6.50. The molecule has 1 aliphatic rings. The summed E-state index contributed by atoms with van der Waals surface area (Å²) >= 11 is 0. The van der Waals surface area contributed by atoms with Gasteiger partial charge in [-0.05, 0) is 25.0 Å². The van der Waals surface area contributed by atoms with Crippen LogP contribution in [-0.4, -0.2) is 0 Å². The molecule has 1 aromatic heterocycles. The van der Waals surface area contributed by atoms with Crippen molar-refractivity contribution < 1.29 is 4.42 Å². The Labute approximate surface area is 80.8 Å². The van der Waals surface area contributed by atoms with Gasteiger partial charge < -0.3 is 4.42 Å². The van der Waals surface area contributed by atoms with E-state index in [1.807, 2.05) is 26.0 Å². The molecule has 0 aromatic carbocycles. The van der Waals surface area contributed by atoms with Crippen LogP contribution in [0, 0.1) is 0 Å². The monoisotopic (exact) mass is 178 g/mol. The van der Waals surface area contributed by atoms with E-state index in [-0.39, 0.29) is 0 Å². The Bertz CT molecular complexity index is 178. The molecule has 72 valence electrons. The van der Waals surface area contributed by atoms with Gasteiger partial charge in [0.15, 0.2) is 0 Å². The lowest BCUT2D eigenvalue weighted by atomic mass is 10.2. The van der Waals surface area contributed by atoms with Gasteiger partial charge in [0.05, 0.1) is 12.5 Å². The van der Waals surface area contributed by atoms with E-state index in [0.717, 1.165) is 0 Å². The fraction of sp³-hybridized carbons (Fsp3) is 0.333. The quantitative estimate of drug-likeness (QED) is 0.580. The maximum Gasteiger partial charge on any atom is 0.0902 e. The van der Waals surface area contributed by atoms with Crippen molar-refractivity contribution in [2.45, 2.75) is 26.7 Å². The third-order valence-electron chi connectivity index (χ3n) is 1.31. The number of rotatable bonds is 0. The van der Waals surface area contributed by atoms with Crippen molar-refractivity contribution in [1.82, 2.24) is 0 Å². The number of hydrogen-bond acceptors (Lipinski definition) is 1. The van der Waals surface area contributed by atoms with Gasteiger partial charge in [0.25, 0.3) is 0 Å². The van der Waals surface area contributed by atoms with Crippen LogP contribution in [0.1, 0.15) is 26.7 Å². The van der Waals surface area contributed by atoms with Crippen LogP contribution >= 0.6 is 0 Å². The van der Waals surface area contributed by atoms with E-state index in [9.17, 15) is 0 Å². The summed E-state index contributed by atoms with van der Waals surface area (Å²) in [6.45, 7) is 4.00. The first-order valence-electron chi connectivity index (χ1n) is 4.79. The van der Waals surface area contributed by atoms with E-state index >= 15 is 0 Å². The minimum atomic E-state index is 1.23. The molecule has 1 aromatic rings. The van der Waals surface area contributed by atoms with Crippen molar-refractivity contribution >= 4 is 0 Å². The van der Waals surface area contributed by atoms with Gasteiger partial charge in [0.2, 0.25) is 0 Å². The summed E-state index contributed by atoms with van der Waals surface area (Å²) in [6, 6.07) is 3.67. The Morgan fingerprint density at radius 2 is 1.31 bits per heavy atom. The minimum absolute atomic E-state index is 1.23. The minimum Gasteiger partial charge on any atom is -0.473 e. The molecule has 0 radical (unpaired) electrons. The van der Waals surface area contributed by atoms with Crippen molar-refractivity contribution in [2.24, 2.45) is 0 Å². The first kappa shape index (κ1) is 11.8. The van der Waals surface area contributed by atoms with Crippen LogP contribution in [-0.2, 0) is 0 Å². The summed E-state index contributed by atoms with van der Waals surface area (Å²) in [5, 5.41) is 0. The highest BCUT2D eigenvalue weighted by molar-refractivity contribution is 5.07. The molecule has 0 saturated carbocycles. The Kier molecular flexibility index (Phi) is 9.73. The van der Waals surface area contributed by atoms with Crippen molar-refractivity contribution in [3.63, 3.8) is 0 Å². The first-order valence-corrected chi connectivity index (χ1v) is 4.79. The fourth-order valence-corrected chi connectivity index (χ4v) is 0.769. The average Bonchev–Trinajstić information content (AvgIpc) is 2.82. The average molecular weight is 178 g/mol. The SMILES string of the molecule is C1=CCCC=C1.CC.c1ccoc1.